The van der Waals surface area contributed by atoms with Gasteiger partial charge in [-0.2, -0.15) is 0 Å². The molecule has 5 heteroatoms. The summed E-state index contributed by atoms with van der Waals surface area (Å²) in [6.07, 6.45) is 3.22. The molecule has 1 aromatic heterocycles. The van der Waals surface area contributed by atoms with E-state index in [0.717, 1.165) is 10.8 Å². The van der Waals surface area contributed by atoms with E-state index in [4.69, 9.17) is 0 Å². The molecule has 1 fully saturated rings. The van der Waals surface area contributed by atoms with Crippen LogP contribution >= 0.6 is 0 Å². The van der Waals surface area contributed by atoms with Gasteiger partial charge >= 0.3 is 0 Å². The maximum atomic E-state index is 13.1. The van der Waals surface area contributed by atoms with E-state index >= 15 is 0 Å². The lowest BCUT2D eigenvalue weighted by molar-refractivity contribution is -0.132. The fourth-order valence-electron chi connectivity index (χ4n) is 4.04. The molecule has 0 aliphatic carbocycles. The molecule has 150 valence electrons. The van der Waals surface area contributed by atoms with E-state index in [-0.39, 0.29) is 11.3 Å². The summed E-state index contributed by atoms with van der Waals surface area (Å²) in [5.74, 6) is -1.57. The number of carbonyl (C=O) groups excluding carboxylic acids is 2. The number of para-hydroxylation sites is 1. The molecule has 4 aromatic rings. The summed E-state index contributed by atoms with van der Waals surface area (Å²) in [5, 5.41) is 13.2. The van der Waals surface area contributed by atoms with E-state index in [1.54, 1.807) is 42.7 Å². The van der Waals surface area contributed by atoms with E-state index in [1.807, 2.05) is 54.6 Å². The molecular formula is C26H18N2O3. The minimum atomic E-state index is -0.753. The molecule has 0 radical (unpaired) electrons. The highest BCUT2D eigenvalue weighted by Crippen LogP contribution is 2.42. The number of benzene rings is 3. The van der Waals surface area contributed by atoms with E-state index < -0.39 is 17.7 Å². The van der Waals surface area contributed by atoms with Gasteiger partial charge in [0.15, 0.2) is 0 Å². The summed E-state index contributed by atoms with van der Waals surface area (Å²) >= 11 is 0. The van der Waals surface area contributed by atoms with Gasteiger partial charge in [0.1, 0.15) is 5.76 Å². The number of nitrogens with zero attached hydrogens (tertiary/aromatic N) is 2. The van der Waals surface area contributed by atoms with Crippen molar-refractivity contribution in [3.63, 3.8) is 0 Å². The lowest BCUT2D eigenvalue weighted by atomic mass is 9.95. The molecule has 31 heavy (non-hydrogen) atoms. The Balaban J connectivity index is 1.73. The van der Waals surface area contributed by atoms with Crippen LogP contribution in [0.1, 0.15) is 17.2 Å². The number of aliphatic hydroxyl groups excluding tert-OH is 1. The smallest absolute Gasteiger partial charge is 0.300 e. The zero-order chi connectivity index (χ0) is 21.4. The fraction of sp³-hybridized carbons (Fsp3) is 0.0385. The van der Waals surface area contributed by atoms with Crippen molar-refractivity contribution in [1.82, 2.24) is 4.98 Å². The Morgan fingerprint density at radius 1 is 0.806 bits per heavy atom. The molecule has 0 saturated carbocycles. The molecular weight excluding hydrogens is 388 g/mol. The molecule has 1 amide bonds. The minimum Gasteiger partial charge on any atom is -0.507 e. The number of anilines is 1. The predicted molar refractivity (Wildman–Crippen MR) is 119 cm³/mol. The Kier molecular flexibility index (Phi) is 4.56. The zero-order valence-electron chi connectivity index (χ0n) is 16.5. The first-order valence-corrected chi connectivity index (χ1v) is 9.90. The number of amides is 1. The summed E-state index contributed by atoms with van der Waals surface area (Å²) in [6.45, 7) is 0. The molecule has 5 nitrogen and oxygen atoms in total. The number of aliphatic hydroxyl groups is 1. The van der Waals surface area contributed by atoms with Crippen LogP contribution in [0.5, 0.6) is 0 Å². The predicted octanol–water partition coefficient (Wildman–Crippen LogP) is 4.86. The Morgan fingerprint density at radius 3 is 2.23 bits per heavy atom. The highest BCUT2D eigenvalue weighted by atomic mass is 16.3. The topological polar surface area (TPSA) is 70.5 Å². The van der Waals surface area contributed by atoms with Gasteiger partial charge in [-0.3, -0.25) is 19.5 Å². The van der Waals surface area contributed by atoms with Crippen LogP contribution in [0.15, 0.2) is 103 Å². The van der Waals surface area contributed by atoms with Crippen molar-refractivity contribution in [2.24, 2.45) is 0 Å². The number of hydrogen-bond acceptors (Lipinski definition) is 4. The Labute approximate surface area is 178 Å². The molecule has 1 aliphatic rings. The Morgan fingerprint density at radius 2 is 1.48 bits per heavy atom. The van der Waals surface area contributed by atoms with Crippen molar-refractivity contribution in [2.75, 3.05) is 4.90 Å². The molecule has 1 atom stereocenters. The average Bonchev–Trinajstić information content (AvgIpc) is 3.10. The largest absolute Gasteiger partial charge is 0.507 e. The Bertz CT molecular complexity index is 1330. The minimum absolute atomic E-state index is 0.0651. The SMILES string of the molecule is O=C1C(=O)N(c2ccccc2)C(c2ccncc2)/C1=C(/O)c1ccc2ccccc2c1. The van der Waals surface area contributed by atoms with Crippen LogP contribution in [-0.4, -0.2) is 21.8 Å². The molecule has 3 aromatic carbocycles. The highest BCUT2D eigenvalue weighted by Gasteiger charge is 2.46. The van der Waals surface area contributed by atoms with Gasteiger partial charge in [-0.05, 0) is 46.7 Å². The van der Waals surface area contributed by atoms with Crippen molar-refractivity contribution in [1.29, 1.82) is 0 Å². The molecule has 2 heterocycles. The van der Waals surface area contributed by atoms with Gasteiger partial charge in [0, 0.05) is 23.6 Å². The van der Waals surface area contributed by atoms with Gasteiger partial charge in [-0.25, -0.2) is 0 Å². The van der Waals surface area contributed by atoms with E-state index in [0.29, 0.717) is 16.8 Å². The van der Waals surface area contributed by atoms with Crippen molar-refractivity contribution in [2.45, 2.75) is 6.04 Å². The second-order valence-corrected chi connectivity index (χ2v) is 7.35. The molecule has 0 spiro atoms. The van der Waals surface area contributed by atoms with E-state index in [1.165, 1.54) is 4.90 Å². The zero-order valence-corrected chi connectivity index (χ0v) is 16.5. The van der Waals surface area contributed by atoms with Gasteiger partial charge in [-0.1, -0.05) is 54.6 Å². The molecule has 0 bridgehead atoms. The number of fused-ring (bicyclic) bond motifs is 1. The summed E-state index contributed by atoms with van der Waals surface area (Å²) in [5.41, 5.74) is 1.84. The average molecular weight is 406 g/mol. The monoisotopic (exact) mass is 406 g/mol. The number of aromatic nitrogens is 1. The third-order valence-corrected chi connectivity index (χ3v) is 5.52. The summed E-state index contributed by atoms with van der Waals surface area (Å²) < 4.78 is 0. The summed E-state index contributed by atoms with van der Waals surface area (Å²) in [7, 11) is 0. The van der Waals surface area contributed by atoms with Crippen molar-refractivity contribution < 1.29 is 14.7 Å². The van der Waals surface area contributed by atoms with Gasteiger partial charge in [0.2, 0.25) is 0 Å². The van der Waals surface area contributed by atoms with E-state index in [9.17, 15) is 14.7 Å². The van der Waals surface area contributed by atoms with Gasteiger partial charge in [0.25, 0.3) is 11.7 Å². The molecule has 1 N–H and O–H groups in total. The van der Waals surface area contributed by atoms with E-state index in [2.05, 4.69) is 4.98 Å². The summed E-state index contributed by atoms with van der Waals surface area (Å²) in [4.78, 5) is 31.7. The number of rotatable bonds is 3. The van der Waals surface area contributed by atoms with Crippen LogP contribution in [0.2, 0.25) is 0 Å². The van der Waals surface area contributed by atoms with Gasteiger partial charge < -0.3 is 5.11 Å². The molecule has 1 saturated heterocycles. The quantitative estimate of drug-likeness (QED) is 0.300. The first-order chi connectivity index (χ1) is 15.1. The van der Waals surface area contributed by atoms with Crippen LogP contribution < -0.4 is 4.90 Å². The lowest BCUT2D eigenvalue weighted by Crippen LogP contribution is -2.29. The molecule has 5 rings (SSSR count). The highest BCUT2D eigenvalue weighted by molar-refractivity contribution is 6.51. The van der Waals surface area contributed by atoms with Crippen LogP contribution in [-0.2, 0) is 9.59 Å². The number of pyridine rings is 1. The molecule has 1 unspecified atom stereocenters. The van der Waals surface area contributed by atoms with Gasteiger partial charge in [-0.15, -0.1) is 0 Å². The number of hydrogen-bond donors (Lipinski definition) is 1. The first-order valence-electron chi connectivity index (χ1n) is 9.90. The van der Waals surface area contributed by atoms with Crippen molar-refractivity contribution in [3.05, 3.63) is 114 Å². The first kappa shape index (κ1) is 18.8. The fourth-order valence-corrected chi connectivity index (χ4v) is 4.04. The van der Waals surface area contributed by atoms with Gasteiger partial charge in [0.05, 0.1) is 11.6 Å². The normalized spacial score (nSPS) is 17.9. The van der Waals surface area contributed by atoms with Crippen LogP contribution in [0.4, 0.5) is 5.69 Å². The van der Waals surface area contributed by atoms with Crippen molar-refractivity contribution >= 4 is 33.9 Å². The number of ketones is 1. The van der Waals surface area contributed by atoms with Crippen molar-refractivity contribution in [3.8, 4) is 0 Å². The van der Waals surface area contributed by atoms with Crippen LogP contribution in [0.3, 0.4) is 0 Å². The lowest BCUT2D eigenvalue weighted by Gasteiger charge is -2.25. The molecule has 1 aliphatic heterocycles. The number of Topliss-reactive ketones (excluding diaryl/α,β-unsaturated/α-hetero) is 1. The van der Waals surface area contributed by atoms with Crippen LogP contribution in [0.25, 0.3) is 16.5 Å². The maximum Gasteiger partial charge on any atom is 0.300 e. The standard InChI is InChI=1S/C26H18N2O3/c29-24(20-11-10-17-6-4-5-7-19(17)16-20)22-23(18-12-14-27-15-13-18)28(26(31)25(22)30)21-8-2-1-3-9-21/h1-16,23,29H/b24-22-. The van der Waals surface area contributed by atoms with Crippen LogP contribution in [0, 0.1) is 0 Å². The maximum absolute atomic E-state index is 13.1. The summed E-state index contributed by atoms with van der Waals surface area (Å²) in [6, 6.07) is 25.0. The third kappa shape index (κ3) is 3.16. The third-order valence-electron chi connectivity index (χ3n) is 5.52. The second-order valence-electron chi connectivity index (χ2n) is 7.35. The second kappa shape index (κ2) is 7.54. The number of carbonyl (C=O) groups is 2. The Hall–Kier alpha value is -4.25.